The second-order valence-corrected chi connectivity index (χ2v) is 4.44. The predicted octanol–water partition coefficient (Wildman–Crippen LogP) is 1.47. The zero-order valence-electron chi connectivity index (χ0n) is 9.27. The molecular weight excluding hydrogens is 260 g/mol. The van der Waals surface area contributed by atoms with Gasteiger partial charge in [-0.1, -0.05) is 36.8 Å². The molecule has 1 unspecified atom stereocenters. The predicted molar refractivity (Wildman–Crippen MR) is 71.2 cm³/mol. The first-order chi connectivity index (χ1) is 7.93. The second kappa shape index (κ2) is 5.84. The van der Waals surface area contributed by atoms with E-state index >= 15 is 0 Å². The standard InChI is InChI=1S/C11H13ClN2O2S/c1-6(10(13)15)5-16-8-4-2-3-7(12)9(8)11(14)17/h2-4,6H,5H2,1H3,(H2,13,15)(H2,14,17). The van der Waals surface area contributed by atoms with Gasteiger partial charge in [0.1, 0.15) is 10.7 Å². The Bertz CT molecular complexity index is 451. The molecule has 0 radical (unpaired) electrons. The summed E-state index contributed by atoms with van der Waals surface area (Å²) in [4.78, 5) is 11.0. The van der Waals surface area contributed by atoms with Crippen LogP contribution in [0.15, 0.2) is 18.2 Å². The Balaban J connectivity index is 2.88. The Morgan fingerprint density at radius 3 is 2.71 bits per heavy atom. The molecule has 17 heavy (non-hydrogen) atoms. The third-order valence-electron chi connectivity index (χ3n) is 2.20. The molecule has 0 heterocycles. The summed E-state index contributed by atoms with van der Waals surface area (Å²) in [5.41, 5.74) is 11.2. The van der Waals surface area contributed by atoms with E-state index in [-0.39, 0.29) is 11.6 Å². The molecule has 0 aliphatic heterocycles. The molecule has 1 aromatic carbocycles. The molecule has 1 rings (SSSR count). The molecule has 0 saturated carbocycles. The van der Waals surface area contributed by atoms with Crippen molar-refractivity contribution in [1.82, 2.24) is 0 Å². The topological polar surface area (TPSA) is 78.3 Å². The van der Waals surface area contributed by atoms with Crippen molar-refractivity contribution < 1.29 is 9.53 Å². The molecule has 0 aliphatic rings. The van der Waals surface area contributed by atoms with Crippen molar-refractivity contribution in [2.75, 3.05) is 6.61 Å². The van der Waals surface area contributed by atoms with Gasteiger partial charge in [0.05, 0.1) is 23.1 Å². The molecule has 1 amide bonds. The van der Waals surface area contributed by atoms with Crippen molar-refractivity contribution in [3.05, 3.63) is 28.8 Å². The molecular formula is C11H13ClN2O2S. The monoisotopic (exact) mass is 272 g/mol. The van der Waals surface area contributed by atoms with Gasteiger partial charge in [0.2, 0.25) is 5.91 Å². The van der Waals surface area contributed by atoms with Gasteiger partial charge in [0.15, 0.2) is 0 Å². The Hall–Kier alpha value is -1.33. The fraction of sp³-hybridized carbons (Fsp3) is 0.273. The average Bonchev–Trinajstić information content (AvgIpc) is 2.24. The van der Waals surface area contributed by atoms with E-state index in [0.717, 1.165) is 0 Å². The number of benzene rings is 1. The first-order valence-corrected chi connectivity index (χ1v) is 5.72. The summed E-state index contributed by atoms with van der Waals surface area (Å²) >= 11 is 10.9. The van der Waals surface area contributed by atoms with E-state index in [4.69, 9.17) is 40.0 Å². The number of rotatable bonds is 5. The SMILES string of the molecule is CC(COc1cccc(Cl)c1C(N)=S)C(N)=O. The van der Waals surface area contributed by atoms with Crippen molar-refractivity contribution in [2.45, 2.75) is 6.92 Å². The van der Waals surface area contributed by atoms with Gasteiger partial charge >= 0.3 is 0 Å². The van der Waals surface area contributed by atoms with Gasteiger partial charge in [-0.25, -0.2) is 0 Å². The maximum absolute atomic E-state index is 10.9. The van der Waals surface area contributed by atoms with Crippen LogP contribution in [-0.2, 0) is 4.79 Å². The molecule has 0 bridgehead atoms. The average molecular weight is 273 g/mol. The van der Waals surface area contributed by atoms with E-state index in [1.165, 1.54) is 0 Å². The Morgan fingerprint density at radius 2 is 2.18 bits per heavy atom. The van der Waals surface area contributed by atoms with Crippen LogP contribution >= 0.6 is 23.8 Å². The molecule has 0 aliphatic carbocycles. The molecule has 0 spiro atoms. The van der Waals surface area contributed by atoms with E-state index in [1.54, 1.807) is 25.1 Å². The van der Waals surface area contributed by atoms with Crippen LogP contribution in [0.5, 0.6) is 5.75 Å². The van der Waals surface area contributed by atoms with Crippen LogP contribution in [0.1, 0.15) is 12.5 Å². The van der Waals surface area contributed by atoms with E-state index in [2.05, 4.69) is 0 Å². The van der Waals surface area contributed by atoms with Gasteiger partial charge in [0.25, 0.3) is 0 Å². The summed E-state index contributed by atoms with van der Waals surface area (Å²) in [6.45, 7) is 1.83. The van der Waals surface area contributed by atoms with Crippen molar-refractivity contribution in [3.63, 3.8) is 0 Å². The molecule has 0 aromatic heterocycles. The van der Waals surface area contributed by atoms with Crippen molar-refractivity contribution in [3.8, 4) is 5.75 Å². The highest BCUT2D eigenvalue weighted by molar-refractivity contribution is 7.80. The summed E-state index contributed by atoms with van der Waals surface area (Å²) in [7, 11) is 0. The van der Waals surface area contributed by atoms with Gasteiger partial charge in [0, 0.05) is 0 Å². The quantitative estimate of drug-likeness (QED) is 0.796. The van der Waals surface area contributed by atoms with Crippen LogP contribution in [0.4, 0.5) is 0 Å². The lowest BCUT2D eigenvalue weighted by Gasteiger charge is -2.14. The van der Waals surface area contributed by atoms with E-state index in [1.807, 2.05) is 0 Å². The van der Waals surface area contributed by atoms with Crippen LogP contribution in [0.25, 0.3) is 0 Å². The minimum Gasteiger partial charge on any atom is -0.492 e. The number of hydrogen-bond acceptors (Lipinski definition) is 3. The number of primary amides is 1. The van der Waals surface area contributed by atoms with Gasteiger partial charge in [-0.05, 0) is 12.1 Å². The lowest BCUT2D eigenvalue weighted by Crippen LogP contribution is -2.26. The number of thiocarbonyl (C=S) groups is 1. The van der Waals surface area contributed by atoms with E-state index in [0.29, 0.717) is 16.3 Å². The first-order valence-electron chi connectivity index (χ1n) is 4.94. The smallest absolute Gasteiger partial charge is 0.223 e. The summed E-state index contributed by atoms with van der Waals surface area (Å²) < 4.78 is 5.45. The highest BCUT2D eigenvalue weighted by Gasteiger charge is 2.14. The van der Waals surface area contributed by atoms with E-state index in [9.17, 15) is 4.79 Å². The third-order valence-corrected chi connectivity index (χ3v) is 2.72. The van der Waals surface area contributed by atoms with Gasteiger partial charge in [-0.3, -0.25) is 4.79 Å². The summed E-state index contributed by atoms with van der Waals surface area (Å²) in [5, 5.41) is 0.418. The summed E-state index contributed by atoms with van der Waals surface area (Å²) in [6.07, 6.45) is 0. The zero-order chi connectivity index (χ0) is 13.0. The van der Waals surface area contributed by atoms with Crippen LogP contribution in [0.3, 0.4) is 0 Å². The first kappa shape index (κ1) is 13.7. The molecule has 1 aromatic rings. The Kier molecular flexibility index (Phi) is 4.72. The Morgan fingerprint density at radius 1 is 1.53 bits per heavy atom. The second-order valence-electron chi connectivity index (χ2n) is 3.59. The molecule has 0 saturated heterocycles. The summed E-state index contributed by atoms with van der Waals surface area (Å²) in [5.74, 6) is -0.366. The molecule has 6 heteroatoms. The molecule has 4 N–H and O–H groups in total. The minimum absolute atomic E-state index is 0.150. The minimum atomic E-state index is -0.427. The van der Waals surface area contributed by atoms with Crippen LogP contribution < -0.4 is 16.2 Å². The van der Waals surface area contributed by atoms with Crippen LogP contribution in [0, 0.1) is 5.92 Å². The largest absolute Gasteiger partial charge is 0.492 e. The van der Waals surface area contributed by atoms with Gasteiger partial charge in [-0.15, -0.1) is 0 Å². The fourth-order valence-electron chi connectivity index (χ4n) is 1.16. The van der Waals surface area contributed by atoms with Gasteiger partial charge < -0.3 is 16.2 Å². The maximum Gasteiger partial charge on any atom is 0.223 e. The third kappa shape index (κ3) is 3.57. The zero-order valence-corrected chi connectivity index (χ0v) is 10.8. The van der Waals surface area contributed by atoms with Crippen molar-refractivity contribution in [1.29, 1.82) is 0 Å². The number of halogens is 1. The van der Waals surface area contributed by atoms with E-state index < -0.39 is 11.8 Å². The fourth-order valence-corrected chi connectivity index (χ4v) is 1.69. The number of nitrogens with two attached hydrogens (primary N) is 2. The lowest BCUT2D eigenvalue weighted by atomic mass is 10.1. The normalized spacial score (nSPS) is 11.9. The van der Waals surface area contributed by atoms with Gasteiger partial charge in [-0.2, -0.15) is 0 Å². The van der Waals surface area contributed by atoms with Crippen molar-refractivity contribution >= 4 is 34.7 Å². The van der Waals surface area contributed by atoms with Crippen molar-refractivity contribution in [2.24, 2.45) is 17.4 Å². The molecule has 92 valence electrons. The number of amides is 1. The van der Waals surface area contributed by atoms with Crippen LogP contribution in [-0.4, -0.2) is 17.5 Å². The number of carbonyl (C=O) groups excluding carboxylic acids is 1. The highest BCUT2D eigenvalue weighted by atomic mass is 35.5. The number of carbonyl (C=O) groups is 1. The van der Waals surface area contributed by atoms with Crippen LogP contribution in [0.2, 0.25) is 5.02 Å². The maximum atomic E-state index is 10.9. The molecule has 1 atom stereocenters. The lowest BCUT2D eigenvalue weighted by molar-refractivity contribution is -0.122. The highest BCUT2D eigenvalue weighted by Crippen LogP contribution is 2.26. The number of ether oxygens (including phenoxy) is 1. The Labute approximate surface area is 110 Å². The summed E-state index contributed by atoms with van der Waals surface area (Å²) in [6, 6.07) is 5.07. The molecule has 4 nitrogen and oxygen atoms in total. The molecule has 0 fully saturated rings. The number of hydrogen-bond donors (Lipinski definition) is 2.